The van der Waals surface area contributed by atoms with Gasteiger partial charge in [-0.2, -0.15) is 0 Å². The normalized spacial score (nSPS) is 19.2. The van der Waals surface area contributed by atoms with Crippen molar-refractivity contribution in [2.45, 2.75) is 18.9 Å². The monoisotopic (exact) mass is 350 g/mol. The van der Waals surface area contributed by atoms with Crippen molar-refractivity contribution in [3.05, 3.63) is 60.3 Å². The Bertz CT molecular complexity index is 709. The molecular weight excluding hydrogens is 324 g/mol. The molecule has 0 spiro atoms. The predicted octanol–water partition coefficient (Wildman–Crippen LogP) is 2.47. The molecule has 1 aliphatic heterocycles. The number of benzene rings is 1. The van der Waals surface area contributed by atoms with Gasteiger partial charge >= 0.3 is 0 Å². The number of amides is 1. The second-order valence-corrected chi connectivity index (χ2v) is 7.24. The van der Waals surface area contributed by atoms with Crippen molar-refractivity contribution in [3.63, 3.8) is 0 Å². The third kappa shape index (κ3) is 4.22. The first kappa shape index (κ1) is 17.0. The summed E-state index contributed by atoms with van der Waals surface area (Å²) in [6.45, 7) is 4.09. The first-order valence-electron chi connectivity index (χ1n) is 9.52. The molecule has 5 nitrogen and oxygen atoms in total. The minimum atomic E-state index is 0.136. The molecule has 4 rings (SSSR count). The van der Waals surface area contributed by atoms with Gasteiger partial charge in [-0.15, -0.1) is 0 Å². The van der Waals surface area contributed by atoms with E-state index in [0.29, 0.717) is 12.5 Å². The van der Waals surface area contributed by atoms with Gasteiger partial charge in [0.15, 0.2) is 0 Å². The zero-order valence-electron chi connectivity index (χ0n) is 15.1. The Hall–Kier alpha value is -2.40. The maximum absolute atomic E-state index is 12.6. The van der Waals surface area contributed by atoms with Crippen LogP contribution in [0, 0.1) is 5.92 Å². The lowest BCUT2D eigenvalue weighted by Gasteiger charge is -2.35. The van der Waals surface area contributed by atoms with Crippen molar-refractivity contribution in [2.24, 2.45) is 5.92 Å². The molecule has 1 aromatic carbocycles. The zero-order valence-corrected chi connectivity index (χ0v) is 15.1. The van der Waals surface area contributed by atoms with Gasteiger partial charge in [-0.05, 0) is 36.5 Å². The minimum absolute atomic E-state index is 0.136. The largest absolute Gasteiger partial charge is 0.354 e. The summed E-state index contributed by atoms with van der Waals surface area (Å²) in [4.78, 5) is 21.5. The number of piperazine rings is 1. The van der Waals surface area contributed by atoms with E-state index in [1.54, 1.807) is 0 Å². The molecule has 0 bridgehead atoms. The van der Waals surface area contributed by atoms with Crippen LogP contribution in [0.2, 0.25) is 0 Å². The molecule has 1 saturated heterocycles. The number of rotatable bonds is 6. The summed E-state index contributed by atoms with van der Waals surface area (Å²) in [5.41, 5.74) is 1.23. The van der Waals surface area contributed by atoms with Crippen molar-refractivity contribution >= 4 is 11.7 Å². The Morgan fingerprint density at radius 1 is 1.04 bits per heavy atom. The fourth-order valence-electron chi connectivity index (χ4n) is 3.66. The van der Waals surface area contributed by atoms with Gasteiger partial charge in [0.25, 0.3) is 0 Å². The molecule has 2 aromatic rings. The van der Waals surface area contributed by atoms with Crippen molar-refractivity contribution in [1.82, 2.24) is 15.2 Å². The van der Waals surface area contributed by atoms with E-state index >= 15 is 0 Å². The van der Waals surface area contributed by atoms with E-state index in [-0.39, 0.29) is 11.9 Å². The summed E-state index contributed by atoms with van der Waals surface area (Å²) >= 11 is 0. The molecule has 1 unspecified atom stereocenters. The van der Waals surface area contributed by atoms with E-state index in [4.69, 9.17) is 0 Å². The van der Waals surface area contributed by atoms with Crippen LogP contribution in [0.3, 0.4) is 0 Å². The number of aromatic nitrogens is 1. The summed E-state index contributed by atoms with van der Waals surface area (Å²) in [6, 6.07) is 16.5. The van der Waals surface area contributed by atoms with Crippen LogP contribution in [-0.4, -0.2) is 48.5 Å². The molecule has 5 heteroatoms. The molecular formula is C21H26N4O. The summed E-state index contributed by atoms with van der Waals surface area (Å²) < 4.78 is 0. The Labute approximate surface area is 155 Å². The lowest BCUT2D eigenvalue weighted by atomic mass is 10.0. The minimum Gasteiger partial charge on any atom is -0.354 e. The van der Waals surface area contributed by atoms with Crippen molar-refractivity contribution < 1.29 is 4.79 Å². The fraction of sp³-hybridized carbons (Fsp3) is 0.429. The van der Waals surface area contributed by atoms with Gasteiger partial charge in [0.2, 0.25) is 5.91 Å². The number of anilines is 1. The van der Waals surface area contributed by atoms with Crippen molar-refractivity contribution in [3.8, 4) is 0 Å². The van der Waals surface area contributed by atoms with Crippen LogP contribution in [-0.2, 0) is 4.79 Å². The highest BCUT2D eigenvalue weighted by Crippen LogP contribution is 2.40. The molecule has 1 atom stereocenters. The maximum Gasteiger partial charge on any atom is 0.234 e. The summed E-state index contributed by atoms with van der Waals surface area (Å²) in [5.74, 6) is 1.76. The second kappa shape index (κ2) is 7.87. The molecule has 1 amide bonds. The molecule has 26 heavy (non-hydrogen) atoms. The Morgan fingerprint density at radius 2 is 1.77 bits per heavy atom. The Morgan fingerprint density at radius 3 is 2.42 bits per heavy atom. The molecule has 1 aromatic heterocycles. The van der Waals surface area contributed by atoms with Crippen LogP contribution < -0.4 is 10.2 Å². The van der Waals surface area contributed by atoms with E-state index in [1.807, 2.05) is 42.6 Å². The van der Waals surface area contributed by atoms with Crippen LogP contribution in [0.15, 0.2) is 54.7 Å². The van der Waals surface area contributed by atoms with E-state index < -0.39 is 0 Å². The van der Waals surface area contributed by atoms with E-state index in [0.717, 1.165) is 32.0 Å². The van der Waals surface area contributed by atoms with Crippen LogP contribution in [0.25, 0.3) is 0 Å². The molecule has 1 N–H and O–H groups in total. The predicted molar refractivity (Wildman–Crippen MR) is 103 cm³/mol. The van der Waals surface area contributed by atoms with Gasteiger partial charge in [-0.3, -0.25) is 9.69 Å². The lowest BCUT2D eigenvalue weighted by Crippen LogP contribution is -2.50. The summed E-state index contributed by atoms with van der Waals surface area (Å²) in [6.07, 6.45) is 4.25. The van der Waals surface area contributed by atoms with E-state index in [2.05, 4.69) is 32.2 Å². The van der Waals surface area contributed by atoms with Crippen LogP contribution in [0.5, 0.6) is 0 Å². The zero-order chi connectivity index (χ0) is 17.8. The fourth-order valence-corrected chi connectivity index (χ4v) is 3.66. The number of carbonyl (C=O) groups excluding carboxylic acids is 1. The van der Waals surface area contributed by atoms with Gasteiger partial charge in [-0.1, -0.05) is 36.4 Å². The molecule has 2 aliphatic rings. The van der Waals surface area contributed by atoms with Gasteiger partial charge in [0, 0.05) is 32.4 Å². The Balaban J connectivity index is 1.29. The summed E-state index contributed by atoms with van der Waals surface area (Å²) in [5, 5.41) is 3.28. The molecule has 2 fully saturated rings. The number of pyridine rings is 1. The smallest absolute Gasteiger partial charge is 0.234 e. The quantitative estimate of drug-likeness (QED) is 0.869. The average Bonchev–Trinajstić information content (AvgIpc) is 3.53. The average molecular weight is 350 g/mol. The summed E-state index contributed by atoms with van der Waals surface area (Å²) in [7, 11) is 0. The first-order chi connectivity index (χ1) is 12.8. The highest BCUT2D eigenvalue weighted by molar-refractivity contribution is 5.78. The number of nitrogens with one attached hydrogen (secondary N) is 1. The SMILES string of the molecule is O=C(CN1CCN(c2ccccn2)CC1)NC(c1ccccc1)C1CC1. The molecule has 136 valence electrons. The standard InChI is InChI=1S/C21H26N4O/c26-20(23-21(18-9-10-18)17-6-2-1-3-7-17)16-24-12-14-25(15-13-24)19-8-4-5-11-22-19/h1-8,11,18,21H,9-10,12-16H2,(H,23,26). The van der Waals surface area contributed by atoms with Crippen molar-refractivity contribution in [2.75, 3.05) is 37.6 Å². The van der Waals surface area contributed by atoms with E-state index in [9.17, 15) is 4.79 Å². The number of hydrogen-bond donors (Lipinski definition) is 1. The maximum atomic E-state index is 12.6. The van der Waals surface area contributed by atoms with Crippen molar-refractivity contribution in [1.29, 1.82) is 0 Å². The number of carbonyl (C=O) groups is 1. The van der Waals surface area contributed by atoms with Gasteiger partial charge in [0.1, 0.15) is 5.82 Å². The lowest BCUT2D eigenvalue weighted by molar-refractivity contribution is -0.123. The number of nitrogens with zero attached hydrogens (tertiary/aromatic N) is 3. The Kier molecular flexibility index (Phi) is 5.16. The van der Waals surface area contributed by atoms with Crippen LogP contribution in [0.1, 0.15) is 24.4 Å². The second-order valence-electron chi connectivity index (χ2n) is 7.24. The van der Waals surface area contributed by atoms with Crippen LogP contribution in [0.4, 0.5) is 5.82 Å². The van der Waals surface area contributed by atoms with Gasteiger partial charge < -0.3 is 10.2 Å². The van der Waals surface area contributed by atoms with E-state index in [1.165, 1.54) is 18.4 Å². The highest BCUT2D eigenvalue weighted by Gasteiger charge is 2.33. The third-order valence-electron chi connectivity index (χ3n) is 5.28. The topological polar surface area (TPSA) is 48.5 Å². The first-order valence-corrected chi connectivity index (χ1v) is 9.52. The molecule has 1 saturated carbocycles. The number of hydrogen-bond acceptors (Lipinski definition) is 4. The molecule has 0 radical (unpaired) electrons. The van der Waals surface area contributed by atoms with Crippen LogP contribution >= 0.6 is 0 Å². The van der Waals surface area contributed by atoms with Gasteiger partial charge in [-0.25, -0.2) is 4.98 Å². The highest BCUT2D eigenvalue weighted by atomic mass is 16.2. The third-order valence-corrected chi connectivity index (χ3v) is 5.28. The van der Waals surface area contributed by atoms with Gasteiger partial charge in [0.05, 0.1) is 12.6 Å². The molecule has 2 heterocycles. The molecule has 1 aliphatic carbocycles.